The number of piperidine rings is 1. The number of carbonyl (C=O) groups is 2. The van der Waals surface area contributed by atoms with Crippen LogP contribution in [0.1, 0.15) is 59.4 Å². The number of hydrogen-bond acceptors (Lipinski definition) is 2. The first kappa shape index (κ1) is 21.5. The molecule has 1 aliphatic heterocycles. The number of carbonyl (C=O) groups excluding carboxylic acids is 2. The normalized spacial score (nSPS) is 17.0. The average Bonchev–Trinajstić information content (AvgIpc) is 2.59. The Balaban J connectivity index is 1.88. The number of likely N-dealkylation sites (tertiary alicyclic amines) is 1. The van der Waals surface area contributed by atoms with Crippen LogP contribution in [0.15, 0.2) is 30.3 Å². The maximum atomic E-state index is 13.0. The maximum Gasteiger partial charge on any atom is 0.245 e. The number of nitrogens with zero attached hydrogens (tertiary/aromatic N) is 1. The van der Waals surface area contributed by atoms with Gasteiger partial charge >= 0.3 is 0 Å². The first-order chi connectivity index (χ1) is 12.7. The summed E-state index contributed by atoms with van der Waals surface area (Å²) >= 11 is 0. The van der Waals surface area contributed by atoms with Crippen molar-refractivity contribution in [2.24, 2.45) is 17.3 Å². The van der Waals surface area contributed by atoms with E-state index >= 15 is 0 Å². The van der Waals surface area contributed by atoms with Crippen molar-refractivity contribution in [3.8, 4) is 0 Å². The Labute approximate surface area is 164 Å². The van der Waals surface area contributed by atoms with E-state index in [0.29, 0.717) is 12.3 Å². The highest BCUT2D eigenvalue weighted by molar-refractivity contribution is 5.88. The molecule has 1 aromatic carbocycles. The number of rotatable bonds is 6. The summed E-state index contributed by atoms with van der Waals surface area (Å²) in [5.74, 6) is 0.756. The molecule has 1 saturated heterocycles. The quantitative estimate of drug-likeness (QED) is 0.819. The molecule has 0 saturated carbocycles. The monoisotopic (exact) mass is 372 g/mol. The summed E-state index contributed by atoms with van der Waals surface area (Å²) < 4.78 is 0. The van der Waals surface area contributed by atoms with E-state index in [1.165, 1.54) is 5.56 Å². The third-order valence-electron chi connectivity index (χ3n) is 5.23. The van der Waals surface area contributed by atoms with Crippen molar-refractivity contribution in [3.63, 3.8) is 0 Å². The zero-order chi connectivity index (χ0) is 20.0. The Kier molecular flexibility index (Phi) is 7.46. The highest BCUT2D eigenvalue weighted by Gasteiger charge is 2.31. The van der Waals surface area contributed by atoms with Crippen LogP contribution < -0.4 is 5.32 Å². The van der Waals surface area contributed by atoms with Crippen LogP contribution in [0.3, 0.4) is 0 Å². The minimum absolute atomic E-state index is 0.0338. The summed E-state index contributed by atoms with van der Waals surface area (Å²) in [5, 5.41) is 2.99. The fourth-order valence-electron chi connectivity index (χ4n) is 3.72. The van der Waals surface area contributed by atoms with E-state index in [0.717, 1.165) is 32.4 Å². The molecule has 1 aromatic rings. The predicted octanol–water partition coefficient (Wildman–Crippen LogP) is 4.04. The van der Waals surface area contributed by atoms with Gasteiger partial charge in [-0.15, -0.1) is 0 Å². The van der Waals surface area contributed by atoms with Crippen LogP contribution in [0, 0.1) is 17.3 Å². The molecule has 0 bridgehead atoms. The minimum atomic E-state index is -0.425. The lowest BCUT2D eigenvalue weighted by atomic mass is 9.89. The van der Waals surface area contributed by atoms with E-state index in [1.807, 2.05) is 45.6 Å². The summed E-state index contributed by atoms with van der Waals surface area (Å²) in [6, 6.07) is 10.1. The van der Waals surface area contributed by atoms with E-state index in [1.54, 1.807) is 0 Å². The largest absolute Gasteiger partial charge is 0.344 e. The van der Waals surface area contributed by atoms with E-state index in [4.69, 9.17) is 0 Å². The smallest absolute Gasteiger partial charge is 0.245 e. The van der Waals surface area contributed by atoms with Gasteiger partial charge in [0.25, 0.3) is 0 Å². The lowest BCUT2D eigenvalue weighted by molar-refractivity contribution is -0.139. The molecular formula is C23H36N2O2. The molecule has 1 N–H and O–H groups in total. The molecule has 1 unspecified atom stereocenters. The van der Waals surface area contributed by atoms with Gasteiger partial charge in [-0.25, -0.2) is 0 Å². The van der Waals surface area contributed by atoms with Crippen LogP contribution >= 0.6 is 0 Å². The van der Waals surface area contributed by atoms with Gasteiger partial charge in [0.1, 0.15) is 6.04 Å². The van der Waals surface area contributed by atoms with Crippen molar-refractivity contribution in [2.45, 2.75) is 66.3 Å². The van der Waals surface area contributed by atoms with Gasteiger partial charge in [0.15, 0.2) is 0 Å². The molecule has 1 aliphatic rings. The Morgan fingerprint density at radius 3 is 2.22 bits per heavy atom. The molecule has 0 radical (unpaired) electrons. The molecule has 0 aromatic heterocycles. The summed E-state index contributed by atoms with van der Waals surface area (Å²) in [6.45, 7) is 11.7. The second kappa shape index (κ2) is 9.38. The standard InChI is InChI=1S/C23H36N2O2/c1-17(2)21(24-20(26)16-23(3,4)5)22(27)25-13-11-19(12-14-25)15-18-9-7-6-8-10-18/h6-10,17,19,21H,11-16H2,1-5H3,(H,24,26). The molecule has 4 nitrogen and oxygen atoms in total. The van der Waals surface area contributed by atoms with Crippen LogP contribution in [-0.2, 0) is 16.0 Å². The fourth-order valence-corrected chi connectivity index (χ4v) is 3.72. The molecule has 1 atom stereocenters. The summed E-state index contributed by atoms with van der Waals surface area (Å²) in [7, 11) is 0. The molecule has 0 aliphatic carbocycles. The van der Waals surface area contributed by atoms with Gasteiger partial charge < -0.3 is 10.2 Å². The molecule has 1 fully saturated rings. The zero-order valence-electron chi connectivity index (χ0n) is 17.6. The number of nitrogens with one attached hydrogen (secondary N) is 1. The van der Waals surface area contributed by atoms with Gasteiger partial charge in [-0.05, 0) is 42.1 Å². The minimum Gasteiger partial charge on any atom is -0.344 e. The van der Waals surface area contributed by atoms with Crippen molar-refractivity contribution in [2.75, 3.05) is 13.1 Å². The van der Waals surface area contributed by atoms with Crippen molar-refractivity contribution in [3.05, 3.63) is 35.9 Å². The lowest BCUT2D eigenvalue weighted by Crippen LogP contribution is -2.53. The second-order valence-corrected chi connectivity index (χ2v) is 9.49. The van der Waals surface area contributed by atoms with E-state index in [2.05, 4.69) is 29.6 Å². The van der Waals surface area contributed by atoms with E-state index in [-0.39, 0.29) is 23.1 Å². The van der Waals surface area contributed by atoms with Crippen LogP contribution in [0.5, 0.6) is 0 Å². The highest BCUT2D eigenvalue weighted by atomic mass is 16.2. The van der Waals surface area contributed by atoms with Crippen molar-refractivity contribution < 1.29 is 9.59 Å². The molecule has 2 rings (SSSR count). The summed E-state index contributed by atoms with van der Waals surface area (Å²) in [5.41, 5.74) is 1.29. The number of benzene rings is 1. The second-order valence-electron chi connectivity index (χ2n) is 9.49. The van der Waals surface area contributed by atoms with Gasteiger partial charge in [0.05, 0.1) is 0 Å². The van der Waals surface area contributed by atoms with Gasteiger partial charge in [-0.3, -0.25) is 9.59 Å². The molecular weight excluding hydrogens is 336 g/mol. The van der Waals surface area contributed by atoms with Gasteiger partial charge in [-0.2, -0.15) is 0 Å². The topological polar surface area (TPSA) is 49.4 Å². The van der Waals surface area contributed by atoms with Gasteiger partial charge in [0, 0.05) is 19.5 Å². The first-order valence-corrected chi connectivity index (χ1v) is 10.3. The van der Waals surface area contributed by atoms with Crippen LogP contribution in [0.4, 0.5) is 0 Å². The molecule has 27 heavy (non-hydrogen) atoms. The summed E-state index contributed by atoms with van der Waals surface area (Å²) in [4.78, 5) is 27.3. The van der Waals surface area contributed by atoms with Crippen molar-refractivity contribution in [1.29, 1.82) is 0 Å². The third-order valence-corrected chi connectivity index (χ3v) is 5.23. The predicted molar refractivity (Wildman–Crippen MR) is 110 cm³/mol. The molecule has 4 heteroatoms. The fraction of sp³-hybridized carbons (Fsp3) is 0.652. The maximum absolute atomic E-state index is 13.0. The SMILES string of the molecule is CC(C)C(NC(=O)CC(C)(C)C)C(=O)N1CCC(Cc2ccccc2)CC1. The number of amides is 2. The van der Waals surface area contributed by atoms with Crippen LogP contribution in [0.25, 0.3) is 0 Å². The molecule has 0 spiro atoms. The Bertz CT molecular complexity index is 611. The number of hydrogen-bond donors (Lipinski definition) is 1. The Morgan fingerprint density at radius 1 is 1.11 bits per heavy atom. The van der Waals surface area contributed by atoms with Crippen molar-refractivity contribution in [1.82, 2.24) is 10.2 Å². The van der Waals surface area contributed by atoms with Crippen LogP contribution in [0.2, 0.25) is 0 Å². The Morgan fingerprint density at radius 2 is 1.70 bits per heavy atom. The van der Waals surface area contributed by atoms with E-state index < -0.39 is 6.04 Å². The average molecular weight is 373 g/mol. The first-order valence-electron chi connectivity index (χ1n) is 10.3. The van der Waals surface area contributed by atoms with Crippen molar-refractivity contribution >= 4 is 11.8 Å². The third kappa shape index (κ3) is 7.00. The van der Waals surface area contributed by atoms with E-state index in [9.17, 15) is 9.59 Å². The van der Waals surface area contributed by atoms with Gasteiger partial charge in [0.2, 0.25) is 11.8 Å². The van der Waals surface area contributed by atoms with Crippen LogP contribution in [-0.4, -0.2) is 35.8 Å². The van der Waals surface area contributed by atoms with Gasteiger partial charge in [-0.1, -0.05) is 65.0 Å². The summed E-state index contributed by atoms with van der Waals surface area (Å²) in [6.07, 6.45) is 3.57. The zero-order valence-corrected chi connectivity index (χ0v) is 17.6. The lowest BCUT2D eigenvalue weighted by Gasteiger charge is -2.35. The molecule has 150 valence electrons. The Hall–Kier alpha value is -1.84. The molecule has 1 heterocycles. The molecule has 2 amide bonds. The highest BCUT2D eigenvalue weighted by Crippen LogP contribution is 2.23.